The van der Waals surface area contributed by atoms with Gasteiger partial charge in [0.2, 0.25) is 12.7 Å². The van der Waals surface area contributed by atoms with E-state index in [0.717, 1.165) is 21.6 Å². The molecule has 0 radical (unpaired) electrons. The Bertz CT molecular complexity index is 1230. The molecule has 0 spiro atoms. The van der Waals surface area contributed by atoms with Crippen molar-refractivity contribution in [2.24, 2.45) is 0 Å². The highest BCUT2D eigenvalue weighted by Crippen LogP contribution is 2.33. The molecule has 1 N–H and O–H groups in total. The first-order valence-corrected chi connectivity index (χ1v) is 13.7. The first-order valence-electron chi connectivity index (χ1n) is 12.8. The Morgan fingerprint density at radius 1 is 1.00 bits per heavy atom. The molecule has 202 valence electrons. The normalized spacial score (nSPS) is 11.9. The maximum Gasteiger partial charge on any atom is 0.322 e. The fourth-order valence-corrected chi connectivity index (χ4v) is 5.01. The lowest BCUT2D eigenvalue weighted by Crippen LogP contribution is -2.44. The van der Waals surface area contributed by atoms with Crippen LogP contribution >= 0.6 is 11.3 Å². The summed E-state index contributed by atoms with van der Waals surface area (Å²) in [6.45, 7) is 8.51. The van der Waals surface area contributed by atoms with Crippen LogP contribution in [0.4, 0.5) is 10.5 Å². The van der Waals surface area contributed by atoms with Gasteiger partial charge >= 0.3 is 6.03 Å². The number of aryl methyl sites for hydroxylation is 2. The van der Waals surface area contributed by atoms with E-state index in [9.17, 15) is 9.59 Å². The number of thiophene rings is 1. The van der Waals surface area contributed by atoms with Crippen molar-refractivity contribution in [3.05, 3.63) is 75.5 Å². The SMILES string of the molecule is CCOCCCN(CC(=O)N(Cc1ccc2c(c1)OCO2)Cc1sccc1C)C(=O)Nc1ccc(C)cc1. The Morgan fingerprint density at radius 3 is 2.53 bits per heavy atom. The Balaban J connectivity index is 1.50. The smallest absolute Gasteiger partial charge is 0.322 e. The molecule has 38 heavy (non-hydrogen) atoms. The number of benzene rings is 2. The van der Waals surface area contributed by atoms with Crippen molar-refractivity contribution in [2.45, 2.75) is 40.3 Å². The summed E-state index contributed by atoms with van der Waals surface area (Å²) in [4.78, 5) is 31.5. The van der Waals surface area contributed by atoms with Crippen LogP contribution in [0.25, 0.3) is 0 Å². The van der Waals surface area contributed by atoms with Crippen LogP contribution in [-0.4, -0.2) is 54.8 Å². The summed E-state index contributed by atoms with van der Waals surface area (Å²) in [6.07, 6.45) is 0.634. The molecule has 3 aromatic rings. The first kappa shape index (κ1) is 27.5. The predicted octanol–water partition coefficient (Wildman–Crippen LogP) is 5.58. The van der Waals surface area contributed by atoms with E-state index in [4.69, 9.17) is 14.2 Å². The quantitative estimate of drug-likeness (QED) is 0.305. The van der Waals surface area contributed by atoms with E-state index < -0.39 is 0 Å². The number of amides is 3. The third-order valence-electron chi connectivity index (χ3n) is 6.30. The van der Waals surface area contributed by atoms with E-state index in [2.05, 4.69) is 11.4 Å². The van der Waals surface area contributed by atoms with Crippen molar-refractivity contribution >= 4 is 29.0 Å². The van der Waals surface area contributed by atoms with Gasteiger partial charge in [-0.2, -0.15) is 0 Å². The highest BCUT2D eigenvalue weighted by molar-refractivity contribution is 7.10. The number of carbonyl (C=O) groups is 2. The van der Waals surface area contributed by atoms with Crippen LogP contribution in [0.15, 0.2) is 53.9 Å². The largest absolute Gasteiger partial charge is 0.454 e. The van der Waals surface area contributed by atoms with Gasteiger partial charge in [0.25, 0.3) is 0 Å². The summed E-state index contributed by atoms with van der Waals surface area (Å²) in [5.41, 5.74) is 3.87. The predicted molar refractivity (Wildman–Crippen MR) is 149 cm³/mol. The molecule has 4 rings (SSSR count). The summed E-state index contributed by atoms with van der Waals surface area (Å²) in [5, 5.41) is 4.96. The number of carbonyl (C=O) groups excluding carboxylic acids is 2. The van der Waals surface area contributed by atoms with Crippen LogP contribution in [0.2, 0.25) is 0 Å². The molecule has 1 aromatic heterocycles. The van der Waals surface area contributed by atoms with Crippen molar-refractivity contribution in [3.63, 3.8) is 0 Å². The van der Waals surface area contributed by atoms with E-state index in [0.29, 0.717) is 56.5 Å². The second kappa shape index (κ2) is 13.3. The third-order valence-corrected chi connectivity index (χ3v) is 7.31. The summed E-state index contributed by atoms with van der Waals surface area (Å²) >= 11 is 1.63. The van der Waals surface area contributed by atoms with Crippen LogP contribution in [-0.2, 0) is 22.6 Å². The average molecular weight is 538 g/mol. The fourth-order valence-electron chi connectivity index (χ4n) is 4.09. The molecule has 1 aliphatic rings. The van der Waals surface area contributed by atoms with E-state index >= 15 is 0 Å². The van der Waals surface area contributed by atoms with E-state index in [-0.39, 0.29) is 25.3 Å². The van der Waals surface area contributed by atoms with Crippen molar-refractivity contribution in [1.29, 1.82) is 0 Å². The molecule has 8 nitrogen and oxygen atoms in total. The van der Waals surface area contributed by atoms with Crippen LogP contribution in [0, 0.1) is 13.8 Å². The molecule has 0 saturated carbocycles. The second-order valence-electron chi connectivity index (χ2n) is 9.23. The van der Waals surface area contributed by atoms with Gasteiger partial charge in [0, 0.05) is 36.9 Å². The zero-order valence-corrected chi connectivity index (χ0v) is 23.0. The molecule has 9 heteroatoms. The highest BCUT2D eigenvalue weighted by atomic mass is 32.1. The van der Waals surface area contributed by atoms with Gasteiger partial charge < -0.3 is 29.3 Å². The molecule has 0 bridgehead atoms. The summed E-state index contributed by atoms with van der Waals surface area (Å²) < 4.78 is 16.4. The molecular formula is C29H35N3O5S. The van der Waals surface area contributed by atoms with E-state index in [1.165, 1.54) is 0 Å². The number of nitrogens with one attached hydrogen (secondary N) is 1. The van der Waals surface area contributed by atoms with Gasteiger partial charge in [0.1, 0.15) is 6.54 Å². The van der Waals surface area contributed by atoms with Gasteiger partial charge in [-0.3, -0.25) is 4.79 Å². The molecule has 3 amide bonds. The summed E-state index contributed by atoms with van der Waals surface area (Å²) in [7, 11) is 0. The molecular weight excluding hydrogens is 502 g/mol. The number of rotatable bonds is 12. The lowest BCUT2D eigenvalue weighted by Gasteiger charge is -2.28. The fraction of sp³-hybridized carbons (Fsp3) is 0.379. The monoisotopic (exact) mass is 537 g/mol. The number of hydrogen-bond donors (Lipinski definition) is 1. The standard InChI is InChI=1S/C29H35N3O5S/c1-4-35-14-5-13-31(29(34)30-24-9-6-21(2)7-10-24)19-28(33)32(18-27-22(3)12-15-38-27)17-23-8-11-25-26(16-23)37-20-36-25/h6-12,15-16H,4-5,13-14,17-20H2,1-3H3,(H,30,34). The van der Waals surface area contributed by atoms with E-state index in [1.807, 2.05) is 68.6 Å². The Morgan fingerprint density at radius 2 is 1.79 bits per heavy atom. The number of urea groups is 1. The lowest BCUT2D eigenvalue weighted by atomic mass is 10.1. The number of nitrogens with zero attached hydrogens (tertiary/aromatic N) is 2. The minimum Gasteiger partial charge on any atom is -0.454 e. The Labute approximate surface area is 228 Å². The van der Waals surface area contributed by atoms with Crippen LogP contribution in [0.1, 0.15) is 34.9 Å². The molecule has 1 aliphatic heterocycles. The number of fused-ring (bicyclic) bond motifs is 1. The van der Waals surface area contributed by atoms with Gasteiger partial charge in [0.05, 0.1) is 6.54 Å². The minimum absolute atomic E-state index is 0.0429. The molecule has 0 saturated heterocycles. The highest BCUT2D eigenvalue weighted by Gasteiger charge is 2.24. The maximum absolute atomic E-state index is 13.7. The lowest BCUT2D eigenvalue weighted by molar-refractivity contribution is -0.133. The summed E-state index contributed by atoms with van der Waals surface area (Å²) in [5.74, 6) is 1.25. The summed E-state index contributed by atoms with van der Waals surface area (Å²) in [6, 6.07) is 15.1. The zero-order chi connectivity index (χ0) is 26.9. The zero-order valence-electron chi connectivity index (χ0n) is 22.2. The van der Waals surface area contributed by atoms with Crippen molar-refractivity contribution in [2.75, 3.05) is 38.4 Å². The molecule has 0 aliphatic carbocycles. The first-order chi connectivity index (χ1) is 18.4. The van der Waals surface area contributed by atoms with Crippen molar-refractivity contribution in [1.82, 2.24) is 9.80 Å². The average Bonchev–Trinajstić information content (AvgIpc) is 3.55. The van der Waals surface area contributed by atoms with E-state index in [1.54, 1.807) is 21.1 Å². The van der Waals surface area contributed by atoms with Gasteiger partial charge in [0.15, 0.2) is 11.5 Å². The van der Waals surface area contributed by atoms with Crippen molar-refractivity contribution in [3.8, 4) is 11.5 Å². The van der Waals surface area contributed by atoms with Crippen molar-refractivity contribution < 1.29 is 23.8 Å². The number of ether oxygens (including phenoxy) is 3. The third kappa shape index (κ3) is 7.49. The Kier molecular flexibility index (Phi) is 9.62. The van der Waals surface area contributed by atoms with Gasteiger partial charge in [-0.15, -0.1) is 11.3 Å². The molecule has 0 fully saturated rings. The van der Waals surface area contributed by atoms with Gasteiger partial charge in [-0.05, 0) is 74.0 Å². The van der Waals surface area contributed by atoms with Crippen LogP contribution < -0.4 is 14.8 Å². The van der Waals surface area contributed by atoms with Gasteiger partial charge in [-0.1, -0.05) is 23.8 Å². The molecule has 0 atom stereocenters. The number of anilines is 1. The molecule has 2 heterocycles. The minimum atomic E-state index is -0.311. The molecule has 0 unspecified atom stereocenters. The van der Waals surface area contributed by atoms with Gasteiger partial charge in [-0.25, -0.2) is 4.79 Å². The van der Waals surface area contributed by atoms with Crippen LogP contribution in [0.5, 0.6) is 11.5 Å². The maximum atomic E-state index is 13.7. The second-order valence-corrected chi connectivity index (χ2v) is 10.2. The van der Waals surface area contributed by atoms with Crippen LogP contribution in [0.3, 0.4) is 0 Å². The number of hydrogen-bond acceptors (Lipinski definition) is 6. The Hall–Kier alpha value is -3.56. The molecule has 2 aromatic carbocycles. The topological polar surface area (TPSA) is 80.3 Å².